The van der Waals surface area contributed by atoms with Crippen LogP contribution in [0.1, 0.15) is 20.8 Å². The second-order valence-electron chi connectivity index (χ2n) is 4.67. The zero-order chi connectivity index (χ0) is 14.8. The molecule has 0 aromatic heterocycles. The van der Waals surface area contributed by atoms with Gasteiger partial charge < -0.3 is 4.74 Å². The number of carbonyl (C=O) groups is 1. The van der Waals surface area contributed by atoms with Crippen LogP contribution >= 0.6 is 45.2 Å². The summed E-state index contributed by atoms with van der Waals surface area (Å²) >= 11 is 3.92. The number of ether oxygens (including phenoxy) is 1. The topological polar surface area (TPSA) is 81.5 Å². The molecular formula is C11H12I2N2O4. The van der Waals surface area contributed by atoms with E-state index < -0.39 is 16.6 Å². The lowest BCUT2D eigenvalue weighted by Crippen LogP contribution is -2.27. The minimum absolute atomic E-state index is 0.151. The maximum Gasteiger partial charge on any atom is 0.412 e. The number of nitro benzene ring substituents is 1. The van der Waals surface area contributed by atoms with Gasteiger partial charge in [0, 0.05) is 13.2 Å². The van der Waals surface area contributed by atoms with Gasteiger partial charge in [-0.05, 0) is 72.0 Å². The van der Waals surface area contributed by atoms with Gasteiger partial charge in [-0.1, -0.05) is 0 Å². The van der Waals surface area contributed by atoms with Crippen LogP contribution in [-0.4, -0.2) is 16.6 Å². The number of rotatable bonds is 2. The molecule has 1 aromatic rings. The van der Waals surface area contributed by atoms with Gasteiger partial charge in [0.1, 0.15) is 11.3 Å². The van der Waals surface area contributed by atoms with Gasteiger partial charge in [-0.2, -0.15) is 0 Å². The van der Waals surface area contributed by atoms with Crippen LogP contribution in [0.2, 0.25) is 0 Å². The number of carbonyl (C=O) groups excluding carboxylic acids is 1. The van der Waals surface area contributed by atoms with E-state index >= 15 is 0 Å². The summed E-state index contributed by atoms with van der Waals surface area (Å²) in [5.41, 5.74) is -0.657. The smallest absolute Gasteiger partial charge is 0.412 e. The number of nitro groups is 1. The van der Waals surface area contributed by atoms with Gasteiger partial charge in [0.15, 0.2) is 0 Å². The van der Waals surface area contributed by atoms with E-state index in [-0.39, 0.29) is 11.4 Å². The molecule has 0 saturated heterocycles. The number of anilines is 1. The van der Waals surface area contributed by atoms with Crippen molar-refractivity contribution >= 4 is 62.6 Å². The minimum atomic E-state index is -0.713. The van der Waals surface area contributed by atoms with E-state index in [1.54, 1.807) is 26.8 Å². The second-order valence-corrected chi connectivity index (χ2v) is 7.07. The van der Waals surface area contributed by atoms with Gasteiger partial charge in [0.05, 0.1) is 4.92 Å². The summed E-state index contributed by atoms with van der Waals surface area (Å²) in [6.07, 6.45) is -0.713. The normalized spacial score (nSPS) is 11.0. The van der Waals surface area contributed by atoms with E-state index in [2.05, 4.69) is 5.32 Å². The number of nitrogens with zero attached hydrogens (tertiary/aromatic N) is 1. The average Bonchev–Trinajstić information content (AvgIpc) is 2.18. The third kappa shape index (κ3) is 5.09. The average molecular weight is 490 g/mol. The summed E-state index contributed by atoms with van der Waals surface area (Å²) in [7, 11) is 0. The highest BCUT2D eigenvalue weighted by Gasteiger charge is 2.23. The number of benzene rings is 1. The van der Waals surface area contributed by atoms with Gasteiger partial charge in [-0.3, -0.25) is 15.4 Å². The fourth-order valence-corrected chi connectivity index (χ4v) is 3.18. The quantitative estimate of drug-likeness (QED) is 0.384. The molecule has 8 heteroatoms. The van der Waals surface area contributed by atoms with Crippen LogP contribution in [-0.2, 0) is 4.74 Å². The Labute approximate surface area is 137 Å². The summed E-state index contributed by atoms with van der Waals surface area (Å²) in [5.74, 6) is 0. The molecule has 0 atom stereocenters. The van der Waals surface area contributed by atoms with E-state index in [9.17, 15) is 14.9 Å². The molecule has 1 rings (SSSR count). The molecule has 0 bridgehead atoms. The SMILES string of the molecule is CC(C)(C)OC(=O)Nc1c(I)cc(I)cc1[N+](=O)[O-]. The second kappa shape index (κ2) is 6.20. The van der Waals surface area contributed by atoms with Crippen molar-refractivity contribution < 1.29 is 14.5 Å². The summed E-state index contributed by atoms with van der Waals surface area (Å²) in [4.78, 5) is 22.1. The Bertz CT molecular complexity index is 526. The van der Waals surface area contributed by atoms with Crippen molar-refractivity contribution in [2.24, 2.45) is 0 Å². The Hall–Kier alpha value is -0.650. The minimum Gasteiger partial charge on any atom is -0.444 e. The van der Waals surface area contributed by atoms with Crippen LogP contribution in [0.25, 0.3) is 0 Å². The summed E-state index contributed by atoms with van der Waals surface area (Å²) < 4.78 is 6.39. The first-order valence-electron chi connectivity index (χ1n) is 5.23. The molecule has 0 radical (unpaired) electrons. The maximum absolute atomic E-state index is 11.7. The summed E-state index contributed by atoms with van der Waals surface area (Å²) in [5, 5.41) is 13.4. The van der Waals surface area contributed by atoms with Gasteiger partial charge in [0.25, 0.3) is 5.69 Å². The Morgan fingerprint density at radius 2 is 1.95 bits per heavy atom. The van der Waals surface area contributed by atoms with Crippen LogP contribution in [0.3, 0.4) is 0 Å². The Morgan fingerprint density at radius 1 is 1.37 bits per heavy atom. The first kappa shape index (κ1) is 16.4. The van der Waals surface area contributed by atoms with Crippen LogP contribution < -0.4 is 5.32 Å². The first-order chi connectivity index (χ1) is 8.60. The van der Waals surface area contributed by atoms with Crippen molar-refractivity contribution in [2.45, 2.75) is 26.4 Å². The maximum atomic E-state index is 11.7. The highest BCUT2D eigenvalue weighted by Crippen LogP contribution is 2.32. The van der Waals surface area contributed by atoms with E-state index in [0.717, 1.165) is 3.57 Å². The highest BCUT2D eigenvalue weighted by atomic mass is 127. The predicted octanol–water partition coefficient (Wildman–Crippen LogP) is 4.15. The van der Waals surface area contributed by atoms with E-state index in [4.69, 9.17) is 4.74 Å². The lowest BCUT2D eigenvalue weighted by molar-refractivity contribution is -0.384. The Balaban J connectivity index is 3.07. The molecule has 0 heterocycles. The highest BCUT2D eigenvalue weighted by molar-refractivity contribution is 14.1. The molecule has 1 amide bonds. The van der Waals surface area contributed by atoms with Gasteiger partial charge in [-0.15, -0.1) is 0 Å². The standard InChI is InChI=1S/C11H12I2N2O4/c1-11(2,3)19-10(16)14-9-7(13)4-6(12)5-8(9)15(17)18/h4-5H,1-3H3,(H,14,16). The van der Waals surface area contributed by atoms with Crippen molar-refractivity contribution in [3.05, 3.63) is 29.4 Å². The third-order valence-corrected chi connectivity index (χ3v) is 3.33. The van der Waals surface area contributed by atoms with Gasteiger partial charge in [-0.25, -0.2) is 4.79 Å². The summed E-state index contributed by atoms with van der Waals surface area (Å²) in [6, 6.07) is 3.14. The van der Waals surface area contributed by atoms with Crippen molar-refractivity contribution in [3.63, 3.8) is 0 Å². The molecule has 0 aliphatic heterocycles. The molecule has 0 saturated carbocycles. The number of halogens is 2. The number of hydrogen-bond acceptors (Lipinski definition) is 4. The van der Waals surface area contributed by atoms with Crippen LogP contribution in [0, 0.1) is 17.3 Å². The van der Waals surface area contributed by atoms with E-state index in [1.807, 2.05) is 45.2 Å². The van der Waals surface area contributed by atoms with Crippen molar-refractivity contribution in [3.8, 4) is 0 Å². The fourth-order valence-electron chi connectivity index (χ4n) is 1.23. The number of hydrogen-bond donors (Lipinski definition) is 1. The third-order valence-electron chi connectivity index (χ3n) is 1.86. The molecule has 19 heavy (non-hydrogen) atoms. The van der Waals surface area contributed by atoms with E-state index in [1.165, 1.54) is 6.07 Å². The molecule has 6 nitrogen and oxygen atoms in total. The Morgan fingerprint density at radius 3 is 2.42 bits per heavy atom. The molecule has 1 N–H and O–H groups in total. The molecule has 0 aliphatic rings. The number of nitrogens with one attached hydrogen (secondary N) is 1. The van der Waals surface area contributed by atoms with Gasteiger partial charge >= 0.3 is 6.09 Å². The van der Waals surface area contributed by atoms with Crippen molar-refractivity contribution in [1.29, 1.82) is 0 Å². The zero-order valence-corrected chi connectivity index (χ0v) is 14.8. The summed E-state index contributed by atoms with van der Waals surface area (Å²) in [6.45, 7) is 5.17. The van der Waals surface area contributed by atoms with Crippen LogP contribution in [0.5, 0.6) is 0 Å². The monoisotopic (exact) mass is 490 g/mol. The fraction of sp³-hybridized carbons (Fsp3) is 0.364. The number of amides is 1. The lowest BCUT2D eigenvalue weighted by atomic mass is 10.2. The lowest BCUT2D eigenvalue weighted by Gasteiger charge is -2.20. The molecule has 0 aliphatic carbocycles. The first-order valence-corrected chi connectivity index (χ1v) is 7.39. The predicted molar refractivity (Wildman–Crippen MR) is 88.4 cm³/mol. The van der Waals surface area contributed by atoms with Gasteiger partial charge in [0.2, 0.25) is 0 Å². The largest absolute Gasteiger partial charge is 0.444 e. The molecule has 0 spiro atoms. The van der Waals surface area contributed by atoms with Crippen molar-refractivity contribution in [2.75, 3.05) is 5.32 Å². The zero-order valence-electron chi connectivity index (χ0n) is 10.5. The van der Waals surface area contributed by atoms with E-state index in [0.29, 0.717) is 3.57 Å². The Kier molecular flexibility index (Phi) is 5.35. The molecule has 0 fully saturated rings. The molecule has 104 valence electrons. The van der Waals surface area contributed by atoms with Crippen molar-refractivity contribution in [1.82, 2.24) is 0 Å². The molecule has 0 unspecified atom stereocenters. The van der Waals surface area contributed by atoms with Crippen LogP contribution in [0.4, 0.5) is 16.2 Å². The molecular weight excluding hydrogens is 478 g/mol. The van der Waals surface area contributed by atoms with Crippen LogP contribution in [0.15, 0.2) is 12.1 Å². The molecule has 1 aromatic carbocycles.